The Hall–Kier alpha value is -1.32. The minimum Gasteiger partial charge on any atom is -0.493 e. The summed E-state index contributed by atoms with van der Waals surface area (Å²) in [5, 5.41) is 3.47. The van der Waals surface area contributed by atoms with Gasteiger partial charge >= 0.3 is 0 Å². The zero-order chi connectivity index (χ0) is 13.2. The van der Waals surface area contributed by atoms with Gasteiger partial charge in [-0.1, -0.05) is 25.1 Å². The van der Waals surface area contributed by atoms with E-state index in [0.29, 0.717) is 12.0 Å². The lowest BCUT2D eigenvalue weighted by Crippen LogP contribution is -2.24. The van der Waals surface area contributed by atoms with Gasteiger partial charge < -0.3 is 10.1 Å². The molecule has 2 heterocycles. The van der Waals surface area contributed by atoms with E-state index in [1.54, 1.807) is 0 Å². The largest absolute Gasteiger partial charge is 0.493 e. The molecule has 0 radical (unpaired) electrons. The molecule has 2 nitrogen and oxygen atoms in total. The second-order valence-corrected chi connectivity index (χ2v) is 6.08. The van der Waals surface area contributed by atoms with Crippen LogP contribution in [0.3, 0.4) is 0 Å². The molecule has 1 N–H and O–H groups in total. The Balaban J connectivity index is 1.91. The van der Waals surface area contributed by atoms with Crippen molar-refractivity contribution in [3.8, 4) is 5.75 Å². The van der Waals surface area contributed by atoms with Crippen LogP contribution in [0.5, 0.6) is 5.75 Å². The summed E-state index contributed by atoms with van der Waals surface area (Å²) in [5.74, 6) is 1.45. The van der Waals surface area contributed by atoms with Gasteiger partial charge in [0.25, 0.3) is 0 Å². The molecular formula is C16H19NOS. The highest BCUT2D eigenvalue weighted by Gasteiger charge is 2.32. The van der Waals surface area contributed by atoms with Gasteiger partial charge in [-0.15, -0.1) is 11.3 Å². The van der Waals surface area contributed by atoms with Crippen molar-refractivity contribution in [1.29, 1.82) is 0 Å². The molecule has 0 saturated carbocycles. The van der Waals surface area contributed by atoms with Crippen molar-refractivity contribution in [1.82, 2.24) is 5.32 Å². The number of likely N-dealkylation sites (N-methyl/N-ethyl adjacent to an activating group) is 1. The van der Waals surface area contributed by atoms with E-state index < -0.39 is 0 Å². The number of hydrogen-bond acceptors (Lipinski definition) is 3. The molecule has 1 aliphatic rings. The zero-order valence-electron chi connectivity index (χ0n) is 11.3. The van der Waals surface area contributed by atoms with Crippen LogP contribution in [0.1, 0.15) is 34.2 Å². The van der Waals surface area contributed by atoms with Crippen molar-refractivity contribution in [2.45, 2.75) is 25.3 Å². The van der Waals surface area contributed by atoms with Gasteiger partial charge in [0.1, 0.15) is 5.75 Å². The summed E-state index contributed by atoms with van der Waals surface area (Å²) in [6.07, 6.45) is 1.11. The number of fused-ring (bicyclic) bond motifs is 1. The van der Waals surface area contributed by atoms with Gasteiger partial charge in [-0.25, -0.2) is 0 Å². The van der Waals surface area contributed by atoms with Crippen LogP contribution in [0.25, 0.3) is 0 Å². The fourth-order valence-electron chi connectivity index (χ4n) is 2.76. The monoisotopic (exact) mass is 273 g/mol. The average Bonchev–Trinajstić information content (AvgIpc) is 3.07. The number of thiophene rings is 1. The lowest BCUT2D eigenvalue weighted by Gasteiger charge is -2.21. The highest BCUT2D eigenvalue weighted by molar-refractivity contribution is 7.12. The van der Waals surface area contributed by atoms with Crippen LogP contribution in [0.15, 0.2) is 36.4 Å². The SMILES string of the molecule is CCc1ccc(C(NC)C2COc3ccccc32)s1. The summed E-state index contributed by atoms with van der Waals surface area (Å²) >= 11 is 1.91. The van der Waals surface area contributed by atoms with Crippen LogP contribution >= 0.6 is 11.3 Å². The minimum atomic E-state index is 0.342. The first-order valence-corrected chi connectivity index (χ1v) is 7.62. The van der Waals surface area contributed by atoms with E-state index >= 15 is 0 Å². The molecule has 0 bridgehead atoms. The molecule has 0 saturated heterocycles. The molecule has 1 aliphatic heterocycles. The van der Waals surface area contributed by atoms with Crippen molar-refractivity contribution < 1.29 is 4.74 Å². The summed E-state index contributed by atoms with van der Waals surface area (Å²) in [4.78, 5) is 2.85. The van der Waals surface area contributed by atoms with E-state index in [0.717, 1.165) is 18.8 Å². The third-order valence-corrected chi connectivity index (χ3v) is 5.10. The summed E-state index contributed by atoms with van der Waals surface area (Å²) in [6, 6.07) is 13.2. The van der Waals surface area contributed by atoms with Gasteiger partial charge in [-0.2, -0.15) is 0 Å². The molecule has 0 amide bonds. The summed E-state index contributed by atoms with van der Waals surface area (Å²) in [7, 11) is 2.04. The first kappa shape index (κ1) is 12.7. The number of hydrogen-bond donors (Lipinski definition) is 1. The van der Waals surface area contributed by atoms with Gasteiger partial charge in [0.2, 0.25) is 0 Å². The van der Waals surface area contributed by atoms with Crippen LogP contribution in [-0.2, 0) is 6.42 Å². The fraction of sp³-hybridized carbons (Fsp3) is 0.375. The lowest BCUT2D eigenvalue weighted by molar-refractivity contribution is 0.305. The third kappa shape index (κ3) is 2.28. The Kier molecular flexibility index (Phi) is 3.58. The molecule has 2 aromatic rings. The first-order valence-electron chi connectivity index (χ1n) is 6.81. The van der Waals surface area contributed by atoms with E-state index in [2.05, 4.69) is 42.6 Å². The highest BCUT2D eigenvalue weighted by atomic mass is 32.1. The van der Waals surface area contributed by atoms with Gasteiger partial charge in [0.05, 0.1) is 12.6 Å². The Bertz CT molecular complexity index is 563. The molecule has 19 heavy (non-hydrogen) atoms. The van der Waals surface area contributed by atoms with E-state index in [1.807, 2.05) is 24.5 Å². The molecule has 2 atom stereocenters. The molecule has 3 heteroatoms. The average molecular weight is 273 g/mol. The van der Waals surface area contributed by atoms with Gasteiger partial charge in [-0.3, -0.25) is 0 Å². The number of para-hydroxylation sites is 1. The van der Waals surface area contributed by atoms with Crippen LogP contribution in [0.2, 0.25) is 0 Å². The smallest absolute Gasteiger partial charge is 0.122 e. The maximum atomic E-state index is 5.81. The predicted octanol–water partition coefficient (Wildman–Crippen LogP) is 3.75. The van der Waals surface area contributed by atoms with Crippen LogP contribution in [0.4, 0.5) is 0 Å². The molecule has 0 aliphatic carbocycles. The molecule has 0 fully saturated rings. The van der Waals surface area contributed by atoms with Gasteiger partial charge in [-0.05, 0) is 31.7 Å². The minimum absolute atomic E-state index is 0.342. The number of rotatable bonds is 4. The van der Waals surface area contributed by atoms with E-state index in [-0.39, 0.29) is 0 Å². The number of nitrogens with one attached hydrogen (secondary N) is 1. The van der Waals surface area contributed by atoms with Crippen molar-refractivity contribution in [2.24, 2.45) is 0 Å². The maximum absolute atomic E-state index is 5.81. The number of ether oxygens (including phenoxy) is 1. The van der Waals surface area contributed by atoms with Crippen molar-refractivity contribution in [2.75, 3.05) is 13.7 Å². The molecule has 100 valence electrons. The second kappa shape index (κ2) is 5.35. The maximum Gasteiger partial charge on any atom is 0.122 e. The summed E-state index contributed by atoms with van der Waals surface area (Å²) in [5.41, 5.74) is 1.33. The predicted molar refractivity (Wildman–Crippen MR) is 80.2 cm³/mol. The topological polar surface area (TPSA) is 21.3 Å². The molecule has 2 unspecified atom stereocenters. The van der Waals surface area contributed by atoms with E-state index in [1.165, 1.54) is 15.3 Å². The zero-order valence-corrected chi connectivity index (χ0v) is 12.2. The highest BCUT2D eigenvalue weighted by Crippen LogP contribution is 2.42. The molecule has 0 spiro atoms. The van der Waals surface area contributed by atoms with Crippen molar-refractivity contribution in [3.63, 3.8) is 0 Å². The van der Waals surface area contributed by atoms with Crippen molar-refractivity contribution in [3.05, 3.63) is 51.7 Å². The number of benzene rings is 1. The fourth-order valence-corrected chi connectivity index (χ4v) is 3.89. The Labute approximate surface area is 118 Å². The molecule has 3 rings (SSSR count). The molecule has 1 aromatic carbocycles. The third-order valence-electron chi connectivity index (χ3n) is 3.79. The second-order valence-electron chi connectivity index (χ2n) is 4.88. The van der Waals surface area contributed by atoms with Crippen LogP contribution in [-0.4, -0.2) is 13.7 Å². The van der Waals surface area contributed by atoms with Crippen LogP contribution in [0, 0.1) is 0 Å². The Morgan fingerprint density at radius 2 is 2.16 bits per heavy atom. The molecular weight excluding hydrogens is 254 g/mol. The number of aryl methyl sites for hydroxylation is 1. The quantitative estimate of drug-likeness (QED) is 0.916. The normalized spacial score (nSPS) is 18.9. The van der Waals surface area contributed by atoms with E-state index in [4.69, 9.17) is 4.74 Å². The van der Waals surface area contributed by atoms with E-state index in [9.17, 15) is 0 Å². The summed E-state index contributed by atoms with van der Waals surface area (Å²) < 4.78 is 5.81. The standard InChI is InChI=1S/C16H19NOS/c1-3-11-8-9-15(19-11)16(17-2)13-10-18-14-7-5-4-6-12(13)14/h4-9,13,16-17H,3,10H2,1-2H3. The van der Waals surface area contributed by atoms with Crippen LogP contribution < -0.4 is 10.1 Å². The Morgan fingerprint density at radius 1 is 1.32 bits per heavy atom. The van der Waals surface area contributed by atoms with Gasteiger partial charge in [0.15, 0.2) is 0 Å². The first-order chi connectivity index (χ1) is 9.33. The lowest BCUT2D eigenvalue weighted by atomic mass is 9.92. The molecule has 1 aromatic heterocycles. The van der Waals surface area contributed by atoms with Gasteiger partial charge in [0, 0.05) is 21.2 Å². The van der Waals surface area contributed by atoms with Crippen molar-refractivity contribution >= 4 is 11.3 Å². The Morgan fingerprint density at radius 3 is 2.89 bits per heavy atom. The summed E-state index contributed by atoms with van der Waals surface area (Å²) in [6.45, 7) is 2.97.